The standard InChI is InChI=1S/C34H42O5/c1-9-32(4,5)38-29-22-18-27(19-23-29)34(8,11-3)26-16-20-28(21-17-26)37-30(35)24-12-14-25(15-13-24)31(36)39-33(6,7)10-2/h12-23H,9-11H2,1-8H3. The summed E-state index contributed by atoms with van der Waals surface area (Å²) in [5.41, 5.74) is 2.11. The minimum Gasteiger partial charge on any atom is -0.488 e. The molecule has 5 nitrogen and oxygen atoms in total. The number of carbonyl (C=O) groups excluding carboxylic acids is 2. The molecule has 5 heteroatoms. The summed E-state index contributed by atoms with van der Waals surface area (Å²) in [6.07, 6.45) is 2.53. The van der Waals surface area contributed by atoms with Gasteiger partial charge >= 0.3 is 11.9 Å². The minimum absolute atomic E-state index is 0.206. The number of esters is 2. The van der Waals surface area contributed by atoms with Crippen molar-refractivity contribution in [3.05, 3.63) is 95.1 Å². The van der Waals surface area contributed by atoms with E-state index < -0.39 is 17.5 Å². The fourth-order valence-corrected chi connectivity index (χ4v) is 4.04. The summed E-state index contributed by atoms with van der Waals surface area (Å²) in [6.45, 7) is 16.4. The van der Waals surface area contributed by atoms with Gasteiger partial charge in [-0.25, -0.2) is 9.59 Å². The van der Waals surface area contributed by atoms with E-state index in [1.807, 2.05) is 57.2 Å². The van der Waals surface area contributed by atoms with E-state index in [0.29, 0.717) is 23.3 Å². The number of rotatable bonds is 11. The lowest BCUT2D eigenvalue weighted by Gasteiger charge is -2.31. The van der Waals surface area contributed by atoms with Crippen LogP contribution < -0.4 is 9.47 Å². The summed E-state index contributed by atoms with van der Waals surface area (Å²) in [4.78, 5) is 25.1. The zero-order chi connectivity index (χ0) is 28.8. The van der Waals surface area contributed by atoms with Crippen LogP contribution in [0.3, 0.4) is 0 Å². The molecule has 39 heavy (non-hydrogen) atoms. The van der Waals surface area contributed by atoms with Crippen LogP contribution in [-0.2, 0) is 10.2 Å². The minimum atomic E-state index is -0.543. The van der Waals surface area contributed by atoms with Crippen LogP contribution >= 0.6 is 0 Å². The second-order valence-corrected chi connectivity index (χ2v) is 11.4. The van der Waals surface area contributed by atoms with Crippen LogP contribution in [0.5, 0.6) is 11.5 Å². The van der Waals surface area contributed by atoms with Crippen LogP contribution in [0.2, 0.25) is 0 Å². The van der Waals surface area contributed by atoms with Gasteiger partial charge in [-0.1, -0.05) is 52.0 Å². The number of hydrogen-bond acceptors (Lipinski definition) is 5. The SMILES string of the molecule is CCC(C)(C)OC(=O)c1ccc(C(=O)Oc2ccc(C(C)(CC)c3ccc(OC(C)(C)CC)cc3)cc2)cc1. The summed E-state index contributed by atoms with van der Waals surface area (Å²) >= 11 is 0. The zero-order valence-electron chi connectivity index (χ0n) is 24.6. The van der Waals surface area contributed by atoms with Crippen molar-refractivity contribution in [1.82, 2.24) is 0 Å². The van der Waals surface area contributed by atoms with Gasteiger partial charge in [-0.2, -0.15) is 0 Å². The lowest BCUT2D eigenvalue weighted by molar-refractivity contribution is -0.00246. The number of benzene rings is 3. The predicted molar refractivity (Wildman–Crippen MR) is 156 cm³/mol. The third-order valence-corrected chi connectivity index (χ3v) is 7.72. The molecular formula is C34H42O5. The highest BCUT2D eigenvalue weighted by Gasteiger charge is 2.28. The van der Waals surface area contributed by atoms with Crippen LogP contribution in [0.4, 0.5) is 0 Å². The average Bonchev–Trinajstić information content (AvgIpc) is 2.93. The molecule has 0 saturated heterocycles. The molecule has 0 aliphatic rings. The molecule has 0 aromatic heterocycles. The number of ether oxygens (including phenoxy) is 3. The van der Waals surface area contributed by atoms with Crippen LogP contribution in [-0.4, -0.2) is 23.1 Å². The lowest BCUT2D eigenvalue weighted by atomic mass is 9.74. The molecule has 0 amide bonds. The van der Waals surface area contributed by atoms with Crippen molar-refractivity contribution >= 4 is 11.9 Å². The highest BCUT2D eigenvalue weighted by molar-refractivity contribution is 5.94. The highest BCUT2D eigenvalue weighted by Crippen LogP contribution is 2.37. The third kappa shape index (κ3) is 7.50. The van der Waals surface area contributed by atoms with E-state index in [1.165, 1.54) is 5.56 Å². The largest absolute Gasteiger partial charge is 0.488 e. The van der Waals surface area contributed by atoms with Gasteiger partial charge in [0.05, 0.1) is 11.1 Å². The molecule has 1 atom stereocenters. The number of hydrogen-bond donors (Lipinski definition) is 0. The fourth-order valence-electron chi connectivity index (χ4n) is 4.04. The second-order valence-electron chi connectivity index (χ2n) is 11.4. The predicted octanol–water partition coefficient (Wildman–Crippen LogP) is 8.53. The highest BCUT2D eigenvalue weighted by atomic mass is 16.6. The smallest absolute Gasteiger partial charge is 0.343 e. The van der Waals surface area contributed by atoms with Gasteiger partial charge < -0.3 is 14.2 Å². The monoisotopic (exact) mass is 530 g/mol. The van der Waals surface area contributed by atoms with E-state index >= 15 is 0 Å². The molecule has 0 bridgehead atoms. The molecule has 1 unspecified atom stereocenters. The number of carbonyl (C=O) groups is 2. The summed E-state index contributed by atoms with van der Waals surface area (Å²) in [6, 6.07) is 22.3. The van der Waals surface area contributed by atoms with Crippen molar-refractivity contribution in [3.8, 4) is 11.5 Å². The van der Waals surface area contributed by atoms with E-state index in [4.69, 9.17) is 14.2 Å². The topological polar surface area (TPSA) is 61.8 Å². The van der Waals surface area contributed by atoms with Crippen LogP contribution in [0.15, 0.2) is 72.8 Å². The molecule has 0 aliphatic heterocycles. The maximum atomic E-state index is 12.7. The van der Waals surface area contributed by atoms with Crippen LogP contribution in [0.25, 0.3) is 0 Å². The Morgan fingerprint density at radius 1 is 0.564 bits per heavy atom. The third-order valence-electron chi connectivity index (χ3n) is 7.72. The molecule has 0 saturated carbocycles. The Kier molecular flexibility index (Phi) is 9.26. The van der Waals surface area contributed by atoms with E-state index in [2.05, 4.69) is 46.8 Å². The summed E-state index contributed by atoms with van der Waals surface area (Å²) in [5, 5.41) is 0. The molecule has 3 rings (SSSR count). The molecule has 0 N–H and O–H groups in total. The van der Waals surface area contributed by atoms with Gasteiger partial charge in [-0.15, -0.1) is 0 Å². The van der Waals surface area contributed by atoms with Gasteiger partial charge in [0.25, 0.3) is 0 Å². The van der Waals surface area contributed by atoms with Gasteiger partial charge in [0, 0.05) is 5.41 Å². The average molecular weight is 531 g/mol. The van der Waals surface area contributed by atoms with E-state index in [9.17, 15) is 9.59 Å². The Bertz CT molecular complexity index is 1250. The first-order valence-electron chi connectivity index (χ1n) is 13.8. The first kappa shape index (κ1) is 29.9. The Balaban J connectivity index is 1.69. The van der Waals surface area contributed by atoms with Gasteiger partial charge in [0.1, 0.15) is 22.7 Å². The molecule has 0 heterocycles. The Morgan fingerprint density at radius 3 is 1.44 bits per heavy atom. The molecule has 0 aliphatic carbocycles. The van der Waals surface area contributed by atoms with Crippen LogP contribution in [0.1, 0.15) is 106 Å². The van der Waals surface area contributed by atoms with Crippen molar-refractivity contribution in [3.63, 3.8) is 0 Å². The van der Waals surface area contributed by atoms with Crippen LogP contribution in [0, 0.1) is 0 Å². The normalized spacial score (nSPS) is 13.3. The Hall–Kier alpha value is -3.60. The van der Waals surface area contributed by atoms with Gasteiger partial charge in [-0.3, -0.25) is 0 Å². The summed E-state index contributed by atoms with van der Waals surface area (Å²) < 4.78 is 17.2. The molecule has 0 fully saturated rings. The quantitative estimate of drug-likeness (QED) is 0.184. The maximum absolute atomic E-state index is 12.7. The maximum Gasteiger partial charge on any atom is 0.343 e. The first-order chi connectivity index (χ1) is 18.3. The van der Waals surface area contributed by atoms with E-state index in [0.717, 1.165) is 24.2 Å². The van der Waals surface area contributed by atoms with Gasteiger partial charge in [0.15, 0.2) is 0 Å². The van der Waals surface area contributed by atoms with Crippen molar-refractivity contribution in [2.75, 3.05) is 0 Å². The molecule has 0 spiro atoms. The van der Waals surface area contributed by atoms with E-state index in [-0.39, 0.29) is 11.0 Å². The van der Waals surface area contributed by atoms with Crippen molar-refractivity contribution < 1.29 is 23.8 Å². The molecule has 3 aromatic carbocycles. The lowest BCUT2D eigenvalue weighted by Crippen LogP contribution is -2.27. The van der Waals surface area contributed by atoms with Crippen molar-refractivity contribution in [2.24, 2.45) is 0 Å². The summed E-state index contributed by atoms with van der Waals surface area (Å²) in [7, 11) is 0. The first-order valence-corrected chi connectivity index (χ1v) is 13.8. The Labute approximate surface area is 233 Å². The summed E-state index contributed by atoms with van der Waals surface area (Å²) in [5.74, 6) is 0.422. The van der Waals surface area contributed by atoms with Crippen molar-refractivity contribution in [1.29, 1.82) is 0 Å². The second kappa shape index (κ2) is 12.1. The van der Waals surface area contributed by atoms with Gasteiger partial charge in [-0.05, 0) is 107 Å². The van der Waals surface area contributed by atoms with Crippen molar-refractivity contribution in [2.45, 2.75) is 91.3 Å². The zero-order valence-corrected chi connectivity index (χ0v) is 24.6. The molecule has 3 aromatic rings. The van der Waals surface area contributed by atoms with E-state index in [1.54, 1.807) is 24.3 Å². The fraction of sp³-hybridized carbons (Fsp3) is 0.412. The Morgan fingerprint density at radius 2 is 1.00 bits per heavy atom. The van der Waals surface area contributed by atoms with Gasteiger partial charge in [0.2, 0.25) is 0 Å². The molecule has 0 radical (unpaired) electrons. The molecular weight excluding hydrogens is 488 g/mol. The molecule has 208 valence electrons.